The van der Waals surface area contributed by atoms with Gasteiger partial charge in [-0.1, -0.05) is 25.1 Å². The van der Waals surface area contributed by atoms with Crippen LogP contribution in [-0.4, -0.2) is 27.6 Å². The quantitative estimate of drug-likeness (QED) is 0.578. The zero-order valence-corrected chi connectivity index (χ0v) is 17.6. The predicted octanol–water partition coefficient (Wildman–Crippen LogP) is 3.40. The van der Waals surface area contributed by atoms with Crippen LogP contribution in [0.5, 0.6) is 0 Å². The van der Waals surface area contributed by atoms with Crippen molar-refractivity contribution >= 4 is 28.6 Å². The molecule has 0 bridgehead atoms. The van der Waals surface area contributed by atoms with Crippen LogP contribution < -0.4 is 11.0 Å². The van der Waals surface area contributed by atoms with Crippen LogP contribution in [0.3, 0.4) is 0 Å². The predicted molar refractivity (Wildman–Crippen MR) is 117 cm³/mol. The van der Waals surface area contributed by atoms with Gasteiger partial charge in [0.1, 0.15) is 0 Å². The van der Waals surface area contributed by atoms with Crippen LogP contribution in [-0.2, 0) is 27.4 Å². The van der Waals surface area contributed by atoms with Gasteiger partial charge in [-0.3, -0.25) is 18.7 Å². The van der Waals surface area contributed by atoms with Crippen molar-refractivity contribution in [1.82, 2.24) is 9.13 Å². The number of nitrogens with zero attached hydrogens (tertiary/aromatic N) is 2. The van der Waals surface area contributed by atoms with Crippen molar-refractivity contribution in [3.63, 3.8) is 0 Å². The Bertz CT molecular complexity index is 1130. The highest BCUT2D eigenvalue weighted by Gasteiger charge is 2.14. The summed E-state index contributed by atoms with van der Waals surface area (Å²) in [7, 11) is 0. The van der Waals surface area contributed by atoms with Gasteiger partial charge in [-0.15, -0.1) is 0 Å². The highest BCUT2D eigenvalue weighted by Crippen LogP contribution is 2.15. The van der Waals surface area contributed by atoms with Gasteiger partial charge in [0.05, 0.1) is 17.5 Å². The number of carbonyl (C=O) groups excluding carboxylic acids is 2. The molecule has 0 atom stereocenters. The molecule has 3 rings (SSSR count). The Morgan fingerprint density at radius 1 is 0.967 bits per heavy atom. The average Bonchev–Trinajstić information content (AvgIpc) is 2.99. The molecular weight excluding hydrogens is 382 g/mol. The molecule has 0 fully saturated rings. The number of anilines is 1. The summed E-state index contributed by atoms with van der Waals surface area (Å²) in [6.07, 6.45) is 0.850. The van der Waals surface area contributed by atoms with Crippen LogP contribution >= 0.6 is 0 Å². The summed E-state index contributed by atoms with van der Waals surface area (Å²) < 4.78 is 8.39. The number of para-hydroxylation sites is 2. The third-order valence-corrected chi connectivity index (χ3v) is 5.07. The van der Waals surface area contributed by atoms with Crippen LogP contribution in [0.4, 0.5) is 5.69 Å². The van der Waals surface area contributed by atoms with Crippen LogP contribution in [0.1, 0.15) is 30.9 Å². The fraction of sp³-hybridized carbons (Fsp3) is 0.348. The number of fused-ring (bicyclic) bond motifs is 1. The molecule has 1 heterocycles. The first kappa shape index (κ1) is 21.4. The minimum atomic E-state index is -0.524. The molecule has 1 N–H and O–H groups in total. The number of ether oxygens (including phenoxy) is 1. The molecule has 0 saturated carbocycles. The zero-order chi connectivity index (χ0) is 21.7. The smallest absolute Gasteiger partial charge is 0.329 e. The summed E-state index contributed by atoms with van der Waals surface area (Å²) in [4.78, 5) is 36.9. The van der Waals surface area contributed by atoms with Gasteiger partial charge in [-0.25, -0.2) is 4.79 Å². The largest absolute Gasteiger partial charge is 0.456 e. The SMILES string of the molecule is CCCn1c(=O)n(CCC(=O)OCC(=O)Nc2ccc(C)c(C)c2)c2ccccc21. The van der Waals surface area contributed by atoms with Crippen molar-refractivity contribution in [1.29, 1.82) is 0 Å². The highest BCUT2D eigenvalue weighted by atomic mass is 16.5. The first-order valence-corrected chi connectivity index (χ1v) is 10.1. The van der Waals surface area contributed by atoms with E-state index in [2.05, 4.69) is 5.32 Å². The van der Waals surface area contributed by atoms with Crippen molar-refractivity contribution < 1.29 is 14.3 Å². The molecule has 0 aliphatic carbocycles. The fourth-order valence-corrected chi connectivity index (χ4v) is 3.37. The fourth-order valence-electron chi connectivity index (χ4n) is 3.37. The van der Waals surface area contributed by atoms with Gasteiger partial charge < -0.3 is 10.1 Å². The third kappa shape index (κ3) is 4.79. The second-order valence-corrected chi connectivity index (χ2v) is 7.33. The number of aromatic nitrogens is 2. The van der Waals surface area contributed by atoms with Gasteiger partial charge in [-0.2, -0.15) is 0 Å². The lowest BCUT2D eigenvalue weighted by atomic mass is 10.1. The standard InChI is InChI=1S/C23H27N3O4/c1-4-12-25-19-7-5-6-8-20(19)26(23(25)29)13-11-22(28)30-15-21(27)24-18-10-9-16(2)17(3)14-18/h5-10,14H,4,11-13,15H2,1-3H3,(H,24,27). The Morgan fingerprint density at radius 3 is 2.27 bits per heavy atom. The minimum Gasteiger partial charge on any atom is -0.456 e. The Morgan fingerprint density at radius 2 is 1.63 bits per heavy atom. The number of carbonyl (C=O) groups is 2. The van der Waals surface area contributed by atoms with E-state index in [1.54, 1.807) is 15.2 Å². The topological polar surface area (TPSA) is 82.3 Å². The van der Waals surface area contributed by atoms with Gasteiger partial charge in [0.15, 0.2) is 6.61 Å². The van der Waals surface area contributed by atoms with Gasteiger partial charge in [0, 0.05) is 18.8 Å². The van der Waals surface area contributed by atoms with E-state index < -0.39 is 11.9 Å². The lowest BCUT2D eigenvalue weighted by Gasteiger charge is -2.09. The molecule has 2 aromatic carbocycles. The molecule has 30 heavy (non-hydrogen) atoms. The molecular formula is C23H27N3O4. The van der Waals surface area contributed by atoms with Crippen molar-refractivity contribution in [2.24, 2.45) is 0 Å². The lowest BCUT2D eigenvalue weighted by molar-refractivity contribution is -0.147. The first-order valence-electron chi connectivity index (χ1n) is 10.1. The first-order chi connectivity index (χ1) is 14.4. The van der Waals surface area contributed by atoms with Crippen molar-refractivity contribution in [3.8, 4) is 0 Å². The number of hydrogen-bond acceptors (Lipinski definition) is 4. The molecule has 0 aliphatic rings. The van der Waals surface area contributed by atoms with Gasteiger partial charge in [0.2, 0.25) is 0 Å². The number of benzene rings is 2. The van der Waals surface area contributed by atoms with Gasteiger partial charge >= 0.3 is 11.7 Å². The number of esters is 1. The number of nitrogens with one attached hydrogen (secondary N) is 1. The molecule has 0 unspecified atom stereocenters. The average molecular weight is 409 g/mol. The number of rotatable bonds is 8. The summed E-state index contributed by atoms with van der Waals surface area (Å²) >= 11 is 0. The Hall–Kier alpha value is -3.35. The maximum absolute atomic E-state index is 12.7. The molecule has 0 radical (unpaired) electrons. The van der Waals surface area contributed by atoms with E-state index in [4.69, 9.17) is 4.74 Å². The van der Waals surface area contributed by atoms with Crippen molar-refractivity contribution in [2.75, 3.05) is 11.9 Å². The van der Waals surface area contributed by atoms with Crippen LogP contribution in [0.25, 0.3) is 11.0 Å². The zero-order valence-electron chi connectivity index (χ0n) is 17.6. The number of hydrogen-bond donors (Lipinski definition) is 1. The summed E-state index contributed by atoms with van der Waals surface area (Å²) in [6.45, 7) is 6.43. The molecule has 1 amide bonds. The summed E-state index contributed by atoms with van der Waals surface area (Å²) in [5, 5.41) is 2.72. The molecule has 7 nitrogen and oxygen atoms in total. The molecule has 7 heteroatoms. The molecule has 1 aromatic heterocycles. The van der Waals surface area contributed by atoms with Crippen molar-refractivity contribution in [2.45, 2.75) is 46.7 Å². The molecule has 158 valence electrons. The monoisotopic (exact) mass is 409 g/mol. The van der Waals surface area contributed by atoms with E-state index in [-0.39, 0.29) is 25.3 Å². The summed E-state index contributed by atoms with van der Waals surface area (Å²) in [5.74, 6) is -0.923. The summed E-state index contributed by atoms with van der Waals surface area (Å²) in [6, 6.07) is 13.1. The van der Waals surface area contributed by atoms with Gasteiger partial charge in [0.25, 0.3) is 5.91 Å². The van der Waals surface area contributed by atoms with Crippen LogP contribution in [0.15, 0.2) is 47.3 Å². The number of aryl methyl sites for hydroxylation is 4. The highest BCUT2D eigenvalue weighted by molar-refractivity contribution is 5.92. The molecule has 3 aromatic rings. The minimum absolute atomic E-state index is 0.0109. The van der Waals surface area contributed by atoms with E-state index >= 15 is 0 Å². The number of amides is 1. The van der Waals surface area contributed by atoms with E-state index in [1.807, 2.05) is 57.2 Å². The van der Waals surface area contributed by atoms with Crippen LogP contribution in [0.2, 0.25) is 0 Å². The molecule has 0 aliphatic heterocycles. The van der Waals surface area contributed by atoms with Crippen molar-refractivity contribution in [3.05, 3.63) is 64.1 Å². The normalized spacial score (nSPS) is 10.9. The Balaban J connectivity index is 1.57. The second kappa shape index (κ2) is 9.43. The Kier molecular flexibility index (Phi) is 6.72. The summed E-state index contributed by atoms with van der Waals surface area (Å²) in [5.41, 5.74) is 4.36. The van der Waals surface area contributed by atoms with E-state index in [9.17, 15) is 14.4 Å². The van der Waals surface area contributed by atoms with E-state index in [1.165, 1.54) is 0 Å². The third-order valence-electron chi connectivity index (χ3n) is 5.07. The molecule has 0 saturated heterocycles. The number of imidazole rings is 1. The van der Waals surface area contributed by atoms with E-state index in [0.717, 1.165) is 28.6 Å². The second-order valence-electron chi connectivity index (χ2n) is 7.33. The van der Waals surface area contributed by atoms with Crippen LogP contribution in [0, 0.1) is 13.8 Å². The maximum Gasteiger partial charge on any atom is 0.329 e. The van der Waals surface area contributed by atoms with Gasteiger partial charge in [-0.05, 0) is 55.7 Å². The maximum atomic E-state index is 12.7. The van der Waals surface area contributed by atoms with E-state index in [0.29, 0.717) is 12.2 Å². The molecule has 0 spiro atoms. The lowest BCUT2D eigenvalue weighted by Crippen LogP contribution is -2.26. The Labute approximate surface area is 175 Å².